The van der Waals surface area contributed by atoms with Crippen LogP contribution < -0.4 is 5.73 Å². The summed E-state index contributed by atoms with van der Waals surface area (Å²) in [5.41, 5.74) is 7.07. The fraction of sp³-hybridized carbons (Fsp3) is 1.00. The zero-order chi connectivity index (χ0) is 15.5. The van der Waals surface area contributed by atoms with Crippen LogP contribution in [0.3, 0.4) is 0 Å². The average molecular weight is 296 g/mol. The van der Waals surface area contributed by atoms with Crippen molar-refractivity contribution in [2.45, 2.75) is 77.3 Å². The van der Waals surface area contributed by atoms with Crippen molar-refractivity contribution in [1.82, 2.24) is 9.80 Å². The maximum Gasteiger partial charge on any atom is 0.0355 e. The van der Waals surface area contributed by atoms with Crippen LogP contribution >= 0.6 is 0 Å². The van der Waals surface area contributed by atoms with Crippen LogP contribution in [0.15, 0.2) is 0 Å². The molecule has 21 heavy (non-hydrogen) atoms. The SMILES string of the molecule is CCCN1CCC(CN)(N(C)C2CCC(C)(C)CC2)CC1. The van der Waals surface area contributed by atoms with Crippen molar-refractivity contribution in [3.63, 3.8) is 0 Å². The number of nitrogens with zero attached hydrogens (tertiary/aromatic N) is 2. The lowest BCUT2D eigenvalue weighted by Gasteiger charge is -2.51. The first kappa shape index (κ1) is 17.2. The molecule has 2 fully saturated rings. The average Bonchev–Trinajstić information content (AvgIpc) is 2.48. The number of piperidine rings is 1. The normalized spacial score (nSPS) is 27.1. The molecule has 0 spiro atoms. The highest BCUT2D eigenvalue weighted by Gasteiger charge is 2.41. The van der Waals surface area contributed by atoms with Crippen LogP contribution in [0.25, 0.3) is 0 Å². The van der Waals surface area contributed by atoms with E-state index >= 15 is 0 Å². The summed E-state index contributed by atoms with van der Waals surface area (Å²) in [4.78, 5) is 5.30. The number of likely N-dealkylation sites (N-methyl/N-ethyl adjacent to an activating group) is 1. The molecule has 0 aromatic carbocycles. The Morgan fingerprint density at radius 3 is 2.14 bits per heavy atom. The van der Waals surface area contributed by atoms with Crippen molar-refractivity contribution < 1.29 is 0 Å². The van der Waals surface area contributed by atoms with Crippen LogP contribution in [0, 0.1) is 5.41 Å². The lowest BCUT2D eigenvalue weighted by Crippen LogP contribution is -2.61. The summed E-state index contributed by atoms with van der Waals surface area (Å²) in [6.07, 6.45) is 9.20. The molecule has 1 saturated carbocycles. The lowest BCUT2D eigenvalue weighted by molar-refractivity contribution is -0.00542. The standard InChI is InChI=1S/C18H37N3/c1-5-12-21-13-10-18(15-19,11-14-21)20(4)16-6-8-17(2,3)9-7-16/h16H,5-15,19H2,1-4H3. The smallest absolute Gasteiger partial charge is 0.0355 e. The molecule has 1 aliphatic heterocycles. The molecule has 0 bridgehead atoms. The minimum Gasteiger partial charge on any atom is -0.329 e. The first-order valence-electron chi connectivity index (χ1n) is 9.08. The van der Waals surface area contributed by atoms with Crippen LogP contribution in [-0.2, 0) is 0 Å². The molecule has 1 saturated heterocycles. The van der Waals surface area contributed by atoms with Gasteiger partial charge in [0.15, 0.2) is 0 Å². The predicted molar refractivity (Wildman–Crippen MR) is 91.6 cm³/mol. The van der Waals surface area contributed by atoms with Gasteiger partial charge in [0.25, 0.3) is 0 Å². The zero-order valence-corrected chi connectivity index (χ0v) is 14.8. The molecule has 3 nitrogen and oxygen atoms in total. The summed E-state index contributed by atoms with van der Waals surface area (Å²) in [7, 11) is 2.35. The van der Waals surface area contributed by atoms with Gasteiger partial charge < -0.3 is 10.6 Å². The van der Waals surface area contributed by atoms with E-state index in [1.165, 1.54) is 64.6 Å². The number of likely N-dealkylation sites (tertiary alicyclic amines) is 1. The Balaban J connectivity index is 1.94. The number of hydrogen-bond donors (Lipinski definition) is 1. The number of nitrogens with two attached hydrogens (primary N) is 1. The van der Waals surface area contributed by atoms with E-state index in [4.69, 9.17) is 5.73 Å². The van der Waals surface area contributed by atoms with Gasteiger partial charge in [-0.25, -0.2) is 0 Å². The first-order valence-corrected chi connectivity index (χ1v) is 9.08. The van der Waals surface area contributed by atoms with Crippen LogP contribution in [0.5, 0.6) is 0 Å². The van der Waals surface area contributed by atoms with Gasteiger partial charge >= 0.3 is 0 Å². The molecular weight excluding hydrogens is 258 g/mol. The molecule has 2 rings (SSSR count). The molecule has 2 N–H and O–H groups in total. The quantitative estimate of drug-likeness (QED) is 0.846. The number of hydrogen-bond acceptors (Lipinski definition) is 3. The van der Waals surface area contributed by atoms with Gasteiger partial charge in [-0.2, -0.15) is 0 Å². The monoisotopic (exact) mass is 295 g/mol. The third-order valence-corrected chi connectivity index (χ3v) is 6.31. The van der Waals surface area contributed by atoms with E-state index in [9.17, 15) is 0 Å². The molecule has 0 radical (unpaired) electrons. The maximum absolute atomic E-state index is 6.26. The van der Waals surface area contributed by atoms with Crippen molar-refractivity contribution in [3.05, 3.63) is 0 Å². The van der Waals surface area contributed by atoms with E-state index in [1.54, 1.807) is 0 Å². The summed E-state index contributed by atoms with van der Waals surface area (Å²) in [6, 6.07) is 0.749. The van der Waals surface area contributed by atoms with Crippen LogP contribution in [0.4, 0.5) is 0 Å². The zero-order valence-electron chi connectivity index (χ0n) is 14.8. The van der Waals surface area contributed by atoms with Gasteiger partial charge in [-0.1, -0.05) is 20.8 Å². The molecule has 1 aliphatic carbocycles. The fourth-order valence-corrected chi connectivity index (χ4v) is 4.37. The van der Waals surface area contributed by atoms with Crippen molar-refractivity contribution in [1.29, 1.82) is 0 Å². The molecular formula is C18H37N3. The van der Waals surface area contributed by atoms with Crippen molar-refractivity contribution in [2.24, 2.45) is 11.1 Å². The van der Waals surface area contributed by atoms with Gasteiger partial charge in [0.1, 0.15) is 0 Å². The van der Waals surface area contributed by atoms with E-state index in [1.807, 2.05) is 0 Å². The van der Waals surface area contributed by atoms with Crippen molar-refractivity contribution in [2.75, 3.05) is 33.2 Å². The van der Waals surface area contributed by atoms with Crippen molar-refractivity contribution in [3.8, 4) is 0 Å². The molecule has 0 aromatic rings. The van der Waals surface area contributed by atoms with E-state index < -0.39 is 0 Å². The Hall–Kier alpha value is -0.120. The highest BCUT2D eigenvalue weighted by molar-refractivity contribution is 4.98. The second kappa shape index (κ2) is 6.97. The lowest BCUT2D eigenvalue weighted by atomic mass is 9.74. The van der Waals surface area contributed by atoms with Gasteiger partial charge in [-0.15, -0.1) is 0 Å². The van der Waals surface area contributed by atoms with Crippen molar-refractivity contribution >= 4 is 0 Å². The molecule has 1 heterocycles. The third kappa shape index (κ3) is 4.00. The van der Waals surface area contributed by atoms with Gasteiger partial charge in [0.2, 0.25) is 0 Å². The van der Waals surface area contributed by atoms with Gasteiger partial charge in [-0.05, 0) is 77.0 Å². The van der Waals surface area contributed by atoms with Gasteiger partial charge in [0, 0.05) is 18.1 Å². The highest BCUT2D eigenvalue weighted by Crippen LogP contribution is 2.39. The van der Waals surface area contributed by atoms with E-state index in [0.29, 0.717) is 5.41 Å². The van der Waals surface area contributed by atoms with E-state index in [0.717, 1.165) is 12.6 Å². The topological polar surface area (TPSA) is 32.5 Å². The largest absolute Gasteiger partial charge is 0.329 e. The van der Waals surface area contributed by atoms with E-state index in [-0.39, 0.29) is 5.54 Å². The van der Waals surface area contributed by atoms with Crippen LogP contribution in [0.2, 0.25) is 0 Å². The minimum absolute atomic E-state index is 0.260. The van der Waals surface area contributed by atoms with E-state index in [2.05, 4.69) is 37.6 Å². The molecule has 2 aliphatic rings. The summed E-state index contributed by atoms with van der Waals surface area (Å²) < 4.78 is 0. The summed E-state index contributed by atoms with van der Waals surface area (Å²) in [6.45, 7) is 11.7. The third-order valence-electron chi connectivity index (χ3n) is 6.31. The number of rotatable bonds is 5. The molecule has 124 valence electrons. The van der Waals surface area contributed by atoms with Gasteiger partial charge in [-0.3, -0.25) is 4.90 Å². The fourth-order valence-electron chi connectivity index (χ4n) is 4.37. The van der Waals surface area contributed by atoms with Crippen LogP contribution in [0.1, 0.15) is 65.7 Å². The minimum atomic E-state index is 0.260. The molecule has 0 unspecified atom stereocenters. The summed E-state index contributed by atoms with van der Waals surface area (Å²) >= 11 is 0. The Bertz CT molecular complexity index is 308. The first-order chi connectivity index (χ1) is 9.92. The summed E-state index contributed by atoms with van der Waals surface area (Å²) in [5, 5.41) is 0. The second-order valence-corrected chi connectivity index (χ2v) is 8.28. The molecule has 0 atom stereocenters. The Morgan fingerprint density at radius 2 is 1.67 bits per heavy atom. The Kier molecular flexibility index (Phi) is 5.72. The summed E-state index contributed by atoms with van der Waals surface area (Å²) in [5.74, 6) is 0. The Morgan fingerprint density at radius 1 is 1.10 bits per heavy atom. The van der Waals surface area contributed by atoms with Crippen LogP contribution in [-0.4, -0.2) is 54.6 Å². The Labute approximate surface area is 132 Å². The molecule has 3 heteroatoms. The second-order valence-electron chi connectivity index (χ2n) is 8.28. The predicted octanol–water partition coefficient (Wildman–Crippen LogP) is 3.09. The van der Waals surface area contributed by atoms with Gasteiger partial charge in [0.05, 0.1) is 0 Å². The molecule has 0 aromatic heterocycles. The maximum atomic E-state index is 6.26. The highest BCUT2D eigenvalue weighted by atomic mass is 15.2. The molecule has 0 amide bonds.